The Hall–Kier alpha value is -1.50. The molecule has 2 heterocycles. The second-order valence-electron chi connectivity index (χ2n) is 4.90. The van der Waals surface area contributed by atoms with Crippen LogP contribution in [0.25, 0.3) is 0 Å². The summed E-state index contributed by atoms with van der Waals surface area (Å²) in [5, 5.41) is 6.47. The van der Waals surface area contributed by atoms with Crippen molar-refractivity contribution in [3.05, 3.63) is 22.7 Å². The summed E-state index contributed by atoms with van der Waals surface area (Å²) in [5.74, 6) is 1.11. The van der Waals surface area contributed by atoms with Crippen molar-refractivity contribution in [3.63, 3.8) is 0 Å². The number of morpholine rings is 1. The first-order chi connectivity index (χ1) is 10.2. The molecular weight excluding hydrogens is 296 g/mol. The number of nitrogens with one attached hydrogen (secondary N) is 2. The van der Waals surface area contributed by atoms with Gasteiger partial charge in [-0.15, -0.1) is 0 Å². The molecule has 1 aromatic carbocycles. The lowest BCUT2D eigenvalue weighted by molar-refractivity contribution is -0.126. The van der Waals surface area contributed by atoms with Crippen molar-refractivity contribution < 1.29 is 19.0 Å². The molecule has 0 saturated carbocycles. The molecule has 2 aliphatic heterocycles. The molecule has 1 fully saturated rings. The van der Waals surface area contributed by atoms with Gasteiger partial charge in [0.15, 0.2) is 11.5 Å². The Morgan fingerprint density at radius 3 is 3.00 bits per heavy atom. The average Bonchev–Trinajstić information content (AvgIpc) is 2.53. The molecule has 21 heavy (non-hydrogen) atoms. The molecule has 6 nitrogen and oxygen atoms in total. The molecule has 1 unspecified atom stereocenters. The maximum absolute atomic E-state index is 12.0. The second-order valence-corrected chi connectivity index (χ2v) is 5.31. The van der Waals surface area contributed by atoms with Crippen molar-refractivity contribution >= 4 is 17.5 Å². The highest BCUT2D eigenvalue weighted by Crippen LogP contribution is 2.38. The summed E-state index contributed by atoms with van der Waals surface area (Å²) in [6.07, 6.45) is 0. The Labute approximate surface area is 127 Å². The van der Waals surface area contributed by atoms with Crippen LogP contribution in [-0.2, 0) is 16.1 Å². The summed E-state index contributed by atoms with van der Waals surface area (Å²) in [6, 6.07) is 3.32. The van der Waals surface area contributed by atoms with Crippen LogP contribution in [-0.4, -0.2) is 44.9 Å². The van der Waals surface area contributed by atoms with Crippen LogP contribution in [0.1, 0.15) is 5.56 Å². The Bertz CT molecular complexity index is 532. The van der Waals surface area contributed by atoms with Crippen molar-refractivity contribution in [1.29, 1.82) is 0 Å². The molecule has 1 amide bonds. The summed E-state index contributed by atoms with van der Waals surface area (Å²) in [7, 11) is 0. The van der Waals surface area contributed by atoms with Gasteiger partial charge >= 0.3 is 0 Å². The van der Waals surface area contributed by atoms with E-state index < -0.39 is 0 Å². The van der Waals surface area contributed by atoms with Crippen LogP contribution >= 0.6 is 11.6 Å². The van der Waals surface area contributed by atoms with E-state index in [1.54, 1.807) is 6.07 Å². The van der Waals surface area contributed by atoms with Crippen molar-refractivity contribution in [2.24, 2.45) is 0 Å². The van der Waals surface area contributed by atoms with E-state index in [1.165, 1.54) is 0 Å². The van der Waals surface area contributed by atoms with Crippen LogP contribution in [0.2, 0.25) is 5.02 Å². The Balaban J connectivity index is 1.62. The monoisotopic (exact) mass is 312 g/mol. The maximum atomic E-state index is 12.0. The third-order valence-corrected chi connectivity index (χ3v) is 3.64. The van der Waals surface area contributed by atoms with Crippen molar-refractivity contribution in [2.75, 3.05) is 33.0 Å². The first kappa shape index (κ1) is 14.4. The first-order valence-corrected chi connectivity index (χ1v) is 7.28. The van der Waals surface area contributed by atoms with E-state index in [2.05, 4.69) is 10.6 Å². The number of hydrogen-bond donors (Lipinski definition) is 2. The number of rotatable bonds is 3. The molecule has 2 aliphatic rings. The fourth-order valence-electron chi connectivity index (χ4n) is 2.31. The van der Waals surface area contributed by atoms with Crippen LogP contribution in [0.5, 0.6) is 11.5 Å². The Kier molecular flexibility index (Phi) is 4.48. The zero-order valence-corrected chi connectivity index (χ0v) is 12.2. The molecule has 7 heteroatoms. The highest BCUT2D eigenvalue weighted by atomic mass is 35.5. The summed E-state index contributed by atoms with van der Waals surface area (Å²) < 4.78 is 16.2. The third-order valence-electron chi connectivity index (χ3n) is 3.36. The molecule has 0 radical (unpaired) electrons. The number of carbonyl (C=O) groups excluding carboxylic acids is 1. The number of amides is 1. The average molecular weight is 313 g/mol. The first-order valence-electron chi connectivity index (χ1n) is 6.91. The molecule has 1 atom stereocenters. The minimum Gasteiger partial charge on any atom is -0.486 e. The molecule has 0 bridgehead atoms. The lowest BCUT2D eigenvalue weighted by Gasteiger charge is -2.23. The predicted molar refractivity (Wildman–Crippen MR) is 76.9 cm³/mol. The fraction of sp³-hybridized carbons (Fsp3) is 0.500. The molecule has 1 aromatic rings. The number of ether oxygens (including phenoxy) is 3. The molecule has 114 valence electrons. The van der Waals surface area contributed by atoms with E-state index >= 15 is 0 Å². The fourth-order valence-corrected chi connectivity index (χ4v) is 2.60. The summed E-state index contributed by atoms with van der Waals surface area (Å²) in [6.45, 7) is 3.11. The molecule has 2 N–H and O–H groups in total. The largest absolute Gasteiger partial charge is 0.486 e. The third kappa shape index (κ3) is 3.40. The van der Waals surface area contributed by atoms with Crippen molar-refractivity contribution in [3.8, 4) is 11.5 Å². The van der Waals surface area contributed by atoms with Gasteiger partial charge in [-0.3, -0.25) is 4.79 Å². The van der Waals surface area contributed by atoms with E-state index in [4.69, 9.17) is 25.8 Å². The summed E-state index contributed by atoms with van der Waals surface area (Å²) in [4.78, 5) is 12.0. The van der Waals surface area contributed by atoms with E-state index in [9.17, 15) is 4.79 Å². The van der Waals surface area contributed by atoms with E-state index in [1.807, 2.05) is 6.07 Å². The molecule has 3 rings (SSSR count). The number of fused-ring (bicyclic) bond motifs is 1. The molecule has 0 aromatic heterocycles. The molecule has 1 saturated heterocycles. The van der Waals surface area contributed by atoms with Crippen LogP contribution < -0.4 is 20.1 Å². The highest BCUT2D eigenvalue weighted by molar-refractivity contribution is 6.32. The number of halogens is 1. The zero-order chi connectivity index (χ0) is 14.7. The minimum absolute atomic E-state index is 0.0827. The van der Waals surface area contributed by atoms with Crippen LogP contribution in [0.4, 0.5) is 0 Å². The van der Waals surface area contributed by atoms with Crippen LogP contribution in [0.15, 0.2) is 12.1 Å². The van der Waals surface area contributed by atoms with Gasteiger partial charge in [-0.25, -0.2) is 0 Å². The number of benzene rings is 1. The van der Waals surface area contributed by atoms with Gasteiger partial charge in [0.1, 0.15) is 19.3 Å². The lowest BCUT2D eigenvalue weighted by atomic mass is 10.1. The quantitative estimate of drug-likeness (QED) is 0.860. The smallest absolute Gasteiger partial charge is 0.239 e. The van der Waals surface area contributed by atoms with Crippen molar-refractivity contribution in [1.82, 2.24) is 10.6 Å². The van der Waals surface area contributed by atoms with Gasteiger partial charge in [-0.2, -0.15) is 0 Å². The summed E-state index contributed by atoms with van der Waals surface area (Å²) in [5.41, 5.74) is 0.870. The topological polar surface area (TPSA) is 68.8 Å². The van der Waals surface area contributed by atoms with Crippen LogP contribution in [0.3, 0.4) is 0 Å². The lowest BCUT2D eigenvalue weighted by Crippen LogP contribution is -2.51. The predicted octanol–water partition coefficient (Wildman–Crippen LogP) is 0.716. The highest BCUT2D eigenvalue weighted by Gasteiger charge is 2.21. The molecule has 0 aliphatic carbocycles. The van der Waals surface area contributed by atoms with E-state index in [0.717, 1.165) is 5.56 Å². The Morgan fingerprint density at radius 2 is 2.19 bits per heavy atom. The zero-order valence-electron chi connectivity index (χ0n) is 11.5. The Morgan fingerprint density at radius 1 is 1.33 bits per heavy atom. The van der Waals surface area contributed by atoms with Gasteiger partial charge in [-0.1, -0.05) is 11.6 Å². The second kappa shape index (κ2) is 6.51. The van der Waals surface area contributed by atoms with Gasteiger partial charge in [0.05, 0.1) is 18.2 Å². The van der Waals surface area contributed by atoms with E-state index in [-0.39, 0.29) is 11.9 Å². The number of hydrogen-bond acceptors (Lipinski definition) is 5. The molecule has 0 spiro atoms. The molecular formula is C14H17ClN2O4. The standard InChI is InChI=1S/C14H17ClN2O4/c15-10-5-9(6-12-13(10)21-4-3-20-12)7-17-14(18)11-8-19-2-1-16-11/h5-6,11,16H,1-4,7-8H2,(H,17,18). The normalized spacial score (nSPS) is 20.9. The SMILES string of the molecule is O=C(NCc1cc(Cl)c2c(c1)OCCO2)C1COCCN1. The van der Waals surface area contributed by atoms with Gasteiger partial charge < -0.3 is 24.8 Å². The van der Waals surface area contributed by atoms with Gasteiger partial charge in [0, 0.05) is 13.1 Å². The number of carbonyl (C=O) groups is 1. The van der Waals surface area contributed by atoms with Gasteiger partial charge in [0.2, 0.25) is 5.91 Å². The van der Waals surface area contributed by atoms with Gasteiger partial charge in [-0.05, 0) is 17.7 Å². The van der Waals surface area contributed by atoms with Crippen LogP contribution in [0, 0.1) is 0 Å². The summed E-state index contributed by atoms with van der Waals surface area (Å²) >= 11 is 6.16. The van der Waals surface area contributed by atoms with Gasteiger partial charge in [0.25, 0.3) is 0 Å². The van der Waals surface area contributed by atoms with Crippen molar-refractivity contribution in [2.45, 2.75) is 12.6 Å². The minimum atomic E-state index is -0.300. The maximum Gasteiger partial charge on any atom is 0.239 e. The van der Waals surface area contributed by atoms with E-state index in [0.29, 0.717) is 56.0 Å².